The number of ether oxygens (including phenoxy) is 1. The standard InChI is InChI=1S/C12H22N2O4S/c1-19(16,17)14-7-3-2-6-11(14)12(15)13-9-10-5-4-8-18-10/h10-11H,2-9H2,1H3,(H,13,15)/t10-,11+/m0/s1. The number of hydrogen-bond donors (Lipinski definition) is 1. The zero-order chi connectivity index (χ0) is 13.9. The van der Waals surface area contributed by atoms with Gasteiger partial charge in [0.1, 0.15) is 6.04 Å². The first-order valence-corrected chi connectivity index (χ1v) is 8.69. The average Bonchev–Trinajstić information content (AvgIpc) is 2.88. The summed E-state index contributed by atoms with van der Waals surface area (Å²) in [6.07, 6.45) is 5.55. The van der Waals surface area contributed by atoms with Crippen molar-refractivity contribution in [2.45, 2.75) is 44.2 Å². The van der Waals surface area contributed by atoms with Crippen LogP contribution in [0.25, 0.3) is 0 Å². The third kappa shape index (κ3) is 3.90. The van der Waals surface area contributed by atoms with Gasteiger partial charge in [-0.1, -0.05) is 6.42 Å². The highest BCUT2D eigenvalue weighted by Gasteiger charge is 2.34. The Bertz CT molecular complexity index is 417. The van der Waals surface area contributed by atoms with Crippen LogP contribution in [-0.2, 0) is 19.6 Å². The molecule has 2 rings (SSSR count). The highest BCUT2D eigenvalue weighted by atomic mass is 32.2. The smallest absolute Gasteiger partial charge is 0.238 e. The van der Waals surface area contributed by atoms with Crippen LogP contribution in [0.4, 0.5) is 0 Å². The number of nitrogens with zero attached hydrogens (tertiary/aromatic N) is 1. The van der Waals surface area contributed by atoms with Gasteiger partial charge in [-0.25, -0.2) is 8.42 Å². The first-order valence-electron chi connectivity index (χ1n) is 6.84. The van der Waals surface area contributed by atoms with Gasteiger partial charge in [0.15, 0.2) is 0 Å². The summed E-state index contributed by atoms with van der Waals surface area (Å²) in [6, 6.07) is -0.551. The molecule has 0 bridgehead atoms. The number of hydrogen-bond acceptors (Lipinski definition) is 4. The van der Waals surface area contributed by atoms with Gasteiger partial charge in [0.25, 0.3) is 0 Å². The molecular weight excluding hydrogens is 268 g/mol. The van der Waals surface area contributed by atoms with E-state index in [2.05, 4.69) is 5.32 Å². The molecule has 2 heterocycles. The van der Waals surface area contributed by atoms with Crippen LogP contribution in [0.15, 0.2) is 0 Å². The number of piperidine rings is 1. The fourth-order valence-corrected chi connectivity index (χ4v) is 3.83. The SMILES string of the molecule is CS(=O)(=O)N1CCCC[C@@H]1C(=O)NC[C@@H]1CCCO1. The molecule has 0 aliphatic carbocycles. The zero-order valence-corrected chi connectivity index (χ0v) is 12.1. The summed E-state index contributed by atoms with van der Waals surface area (Å²) < 4.78 is 30.1. The lowest BCUT2D eigenvalue weighted by molar-refractivity contribution is -0.126. The summed E-state index contributed by atoms with van der Waals surface area (Å²) >= 11 is 0. The maximum absolute atomic E-state index is 12.1. The molecule has 2 atom stereocenters. The number of carbonyl (C=O) groups is 1. The summed E-state index contributed by atoms with van der Waals surface area (Å²) in [7, 11) is -3.32. The van der Waals surface area contributed by atoms with Crippen LogP contribution >= 0.6 is 0 Å². The molecule has 0 spiro atoms. The fraction of sp³-hybridized carbons (Fsp3) is 0.917. The van der Waals surface area contributed by atoms with Crippen molar-refractivity contribution in [2.24, 2.45) is 0 Å². The lowest BCUT2D eigenvalue weighted by Crippen LogP contribution is -2.52. The van der Waals surface area contributed by atoms with E-state index in [9.17, 15) is 13.2 Å². The normalized spacial score (nSPS) is 29.3. The topological polar surface area (TPSA) is 75.7 Å². The number of rotatable bonds is 4. The molecule has 0 saturated carbocycles. The van der Waals surface area contributed by atoms with Gasteiger partial charge in [-0.3, -0.25) is 4.79 Å². The van der Waals surface area contributed by atoms with Gasteiger partial charge in [0, 0.05) is 19.7 Å². The van der Waals surface area contributed by atoms with Gasteiger partial charge in [-0.2, -0.15) is 4.31 Å². The minimum absolute atomic E-state index is 0.0826. The number of carbonyl (C=O) groups excluding carboxylic acids is 1. The maximum Gasteiger partial charge on any atom is 0.238 e. The van der Waals surface area contributed by atoms with Gasteiger partial charge in [0.05, 0.1) is 12.4 Å². The van der Waals surface area contributed by atoms with E-state index >= 15 is 0 Å². The van der Waals surface area contributed by atoms with Crippen molar-refractivity contribution >= 4 is 15.9 Å². The van der Waals surface area contributed by atoms with E-state index in [0.29, 0.717) is 19.5 Å². The quantitative estimate of drug-likeness (QED) is 0.796. The van der Waals surface area contributed by atoms with Crippen LogP contribution in [0, 0.1) is 0 Å². The second-order valence-electron chi connectivity index (χ2n) is 5.27. The second-order valence-corrected chi connectivity index (χ2v) is 7.20. The van der Waals surface area contributed by atoms with E-state index in [1.807, 2.05) is 0 Å². The molecule has 2 aliphatic heterocycles. The molecule has 2 fully saturated rings. The number of amides is 1. The van der Waals surface area contributed by atoms with Crippen molar-refractivity contribution in [3.05, 3.63) is 0 Å². The van der Waals surface area contributed by atoms with Crippen molar-refractivity contribution in [3.8, 4) is 0 Å². The van der Waals surface area contributed by atoms with Crippen LogP contribution < -0.4 is 5.32 Å². The van der Waals surface area contributed by atoms with E-state index in [0.717, 1.165) is 32.3 Å². The van der Waals surface area contributed by atoms with Crippen LogP contribution in [0.5, 0.6) is 0 Å². The van der Waals surface area contributed by atoms with Crippen molar-refractivity contribution in [1.29, 1.82) is 0 Å². The molecule has 0 aromatic rings. The molecule has 6 nitrogen and oxygen atoms in total. The molecule has 7 heteroatoms. The number of nitrogens with one attached hydrogen (secondary N) is 1. The summed E-state index contributed by atoms with van der Waals surface area (Å²) in [5, 5.41) is 2.83. The van der Waals surface area contributed by atoms with Gasteiger partial charge < -0.3 is 10.1 Å². The monoisotopic (exact) mass is 290 g/mol. The predicted octanol–water partition coefficient (Wildman–Crippen LogP) is 0.0957. The Morgan fingerprint density at radius 3 is 2.74 bits per heavy atom. The highest BCUT2D eigenvalue weighted by molar-refractivity contribution is 7.88. The Kier molecular flexibility index (Phi) is 4.81. The van der Waals surface area contributed by atoms with E-state index in [-0.39, 0.29) is 12.0 Å². The highest BCUT2D eigenvalue weighted by Crippen LogP contribution is 2.20. The fourth-order valence-electron chi connectivity index (χ4n) is 2.70. The van der Waals surface area contributed by atoms with Crippen molar-refractivity contribution < 1.29 is 17.9 Å². The molecule has 110 valence electrons. The maximum atomic E-state index is 12.1. The van der Waals surface area contributed by atoms with Gasteiger partial charge in [0.2, 0.25) is 15.9 Å². The molecule has 2 aliphatic rings. The Hall–Kier alpha value is -0.660. The third-order valence-electron chi connectivity index (χ3n) is 3.71. The van der Waals surface area contributed by atoms with Gasteiger partial charge in [-0.15, -0.1) is 0 Å². The summed E-state index contributed by atoms with van der Waals surface area (Å²) in [5.41, 5.74) is 0. The third-order valence-corrected chi connectivity index (χ3v) is 5.00. The minimum Gasteiger partial charge on any atom is -0.376 e. The molecule has 0 radical (unpaired) electrons. The Balaban J connectivity index is 1.91. The van der Waals surface area contributed by atoms with E-state index < -0.39 is 16.1 Å². The molecular formula is C12H22N2O4S. The average molecular weight is 290 g/mol. The Morgan fingerprint density at radius 2 is 2.11 bits per heavy atom. The van der Waals surface area contributed by atoms with Crippen LogP contribution in [-0.4, -0.2) is 56.7 Å². The summed E-state index contributed by atoms with van der Waals surface area (Å²) in [4.78, 5) is 12.1. The molecule has 0 aromatic heterocycles. The molecule has 1 N–H and O–H groups in total. The summed E-state index contributed by atoms with van der Waals surface area (Å²) in [5.74, 6) is -0.194. The van der Waals surface area contributed by atoms with Crippen molar-refractivity contribution in [2.75, 3.05) is 26.0 Å². The van der Waals surface area contributed by atoms with E-state index in [1.165, 1.54) is 10.6 Å². The molecule has 19 heavy (non-hydrogen) atoms. The zero-order valence-electron chi connectivity index (χ0n) is 11.3. The Labute approximate surface area is 114 Å². The predicted molar refractivity (Wildman–Crippen MR) is 71.2 cm³/mol. The Morgan fingerprint density at radius 1 is 1.32 bits per heavy atom. The molecule has 0 unspecified atom stereocenters. The minimum atomic E-state index is -3.32. The van der Waals surface area contributed by atoms with Gasteiger partial charge >= 0.3 is 0 Å². The largest absolute Gasteiger partial charge is 0.376 e. The van der Waals surface area contributed by atoms with Crippen molar-refractivity contribution in [3.63, 3.8) is 0 Å². The number of sulfonamides is 1. The first-order chi connectivity index (χ1) is 8.98. The molecule has 2 saturated heterocycles. The van der Waals surface area contributed by atoms with Crippen LogP contribution in [0.2, 0.25) is 0 Å². The first kappa shape index (κ1) is 14.7. The van der Waals surface area contributed by atoms with E-state index in [1.54, 1.807) is 0 Å². The van der Waals surface area contributed by atoms with Gasteiger partial charge in [-0.05, 0) is 25.7 Å². The van der Waals surface area contributed by atoms with E-state index in [4.69, 9.17) is 4.74 Å². The summed E-state index contributed by atoms with van der Waals surface area (Å²) in [6.45, 7) is 1.67. The molecule has 1 amide bonds. The van der Waals surface area contributed by atoms with Crippen LogP contribution in [0.3, 0.4) is 0 Å². The lowest BCUT2D eigenvalue weighted by atomic mass is 10.0. The van der Waals surface area contributed by atoms with Crippen molar-refractivity contribution in [1.82, 2.24) is 9.62 Å². The lowest BCUT2D eigenvalue weighted by Gasteiger charge is -2.32. The molecule has 0 aromatic carbocycles. The van der Waals surface area contributed by atoms with Crippen LogP contribution in [0.1, 0.15) is 32.1 Å². The second kappa shape index (κ2) is 6.19.